The van der Waals surface area contributed by atoms with Gasteiger partial charge in [0.25, 0.3) is 0 Å². The highest BCUT2D eigenvalue weighted by Gasteiger charge is 2.31. The number of rotatable bonds is 8. The number of hydrogen-bond acceptors (Lipinski definition) is 7. The van der Waals surface area contributed by atoms with Crippen molar-refractivity contribution in [1.82, 2.24) is 39.5 Å². The predicted molar refractivity (Wildman–Crippen MR) is 231 cm³/mol. The Morgan fingerprint density at radius 3 is 1.13 bits per heavy atom. The molecule has 0 fully saturated rings. The Bertz CT molecular complexity index is 2910. The van der Waals surface area contributed by atoms with Crippen molar-refractivity contribution in [2.45, 2.75) is 6.18 Å². The first-order valence-electron chi connectivity index (χ1n) is 19.4. The van der Waals surface area contributed by atoms with Crippen LogP contribution < -0.4 is 0 Å². The molecule has 0 aliphatic rings. The molecule has 0 spiro atoms. The van der Waals surface area contributed by atoms with Crippen LogP contribution in [0.4, 0.5) is 13.2 Å². The number of fused-ring (bicyclic) bond motifs is 1. The standard InChI is InChI=1S/C50H31F3N8/c51-50(52,53)39-24-15-25-40(31-39)61-42-27-14-13-26-41(42)54-49(61)38-29-36(47-57-43(32-16-5-1-6-17-32)55-44(58-47)33-18-7-2-8-19-33)28-37(30-38)48-59-45(34-20-9-3-10-21-34)56-46(60-48)35-22-11-4-12-23-35/h1-31H. The smallest absolute Gasteiger partial charge is 0.292 e. The van der Waals surface area contributed by atoms with Crippen LogP contribution in [-0.4, -0.2) is 39.5 Å². The second kappa shape index (κ2) is 15.5. The molecule has 0 saturated heterocycles. The van der Waals surface area contributed by atoms with Gasteiger partial charge in [-0.05, 0) is 48.5 Å². The topological polar surface area (TPSA) is 95.2 Å². The first-order chi connectivity index (χ1) is 29.8. The number of imidazole rings is 1. The number of hydrogen-bond donors (Lipinski definition) is 0. The van der Waals surface area contributed by atoms with E-state index >= 15 is 0 Å². The van der Waals surface area contributed by atoms with Crippen molar-refractivity contribution in [2.24, 2.45) is 0 Å². The molecule has 0 bridgehead atoms. The summed E-state index contributed by atoms with van der Waals surface area (Å²) in [5.41, 5.74) is 5.64. The van der Waals surface area contributed by atoms with Crippen LogP contribution in [0.1, 0.15) is 5.56 Å². The minimum atomic E-state index is -4.56. The van der Waals surface area contributed by atoms with E-state index in [0.717, 1.165) is 34.4 Å². The van der Waals surface area contributed by atoms with Crippen LogP contribution in [0.5, 0.6) is 0 Å². The van der Waals surface area contributed by atoms with E-state index in [4.69, 9.17) is 34.9 Å². The largest absolute Gasteiger partial charge is 0.416 e. The number of benzene rings is 7. The fraction of sp³-hybridized carbons (Fsp3) is 0.0200. The van der Waals surface area contributed by atoms with Gasteiger partial charge < -0.3 is 0 Å². The Hall–Kier alpha value is -8.18. The van der Waals surface area contributed by atoms with Crippen molar-refractivity contribution in [3.8, 4) is 85.4 Å². The van der Waals surface area contributed by atoms with Crippen LogP contribution in [0.2, 0.25) is 0 Å². The highest BCUT2D eigenvalue weighted by Crippen LogP contribution is 2.37. The van der Waals surface area contributed by atoms with E-state index in [2.05, 4.69) is 0 Å². The van der Waals surface area contributed by atoms with Crippen molar-refractivity contribution in [2.75, 3.05) is 0 Å². The summed E-state index contributed by atoms with van der Waals surface area (Å²) in [5.74, 6) is 2.97. The van der Waals surface area contributed by atoms with Gasteiger partial charge in [-0.1, -0.05) is 140 Å². The molecule has 61 heavy (non-hydrogen) atoms. The summed E-state index contributed by atoms with van der Waals surface area (Å²) in [6.07, 6.45) is -4.56. The zero-order valence-corrected chi connectivity index (χ0v) is 32.1. The lowest BCUT2D eigenvalue weighted by molar-refractivity contribution is -0.137. The molecule has 0 radical (unpaired) electrons. The maximum absolute atomic E-state index is 14.2. The number of aromatic nitrogens is 8. The summed E-state index contributed by atoms with van der Waals surface area (Å²) in [6, 6.07) is 56.9. The normalized spacial score (nSPS) is 11.5. The third-order valence-electron chi connectivity index (χ3n) is 10.1. The third kappa shape index (κ3) is 7.52. The van der Waals surface area contributed by atoms with E-state index in [9.17, 15) is 13.2 Å². The summed E-state index contributed by atoms with van der Waals surface area (Å²) in [7, 11) is 0. The van der Waals surface area contributed by atoms with Gasteiger partial charge in [-0.3, -0.25) is 4.57 Å². The van der Waals surface area contributed by atoms with Gasteiger partial charge in [0.2, 0.25) is 0 Å². The van der Waals surface area contributed by atoms with Crippen molar-refractivity contribution in [1.29, 1.82) is 0 Å². The molecule has 0 aliphatic carbocycles. The van der Waals surface area contributed by atoms with Gasteiger partial charge in [-0.25, -0.2) is 34.9 Å². The maximum atomic E-state index is 14.2. The molecule has 0 unspecified atom stereocenters. The van der Waals surface area contributed by atoms with Gasteiger partial charge in [0.15, 0.2) is 34.9 Å². The molecule has 292 valence electrons. The SMILES string of the molecule is FC(F)(F)c1cccc(-n2c(-c3cc(-c4nc(-c5ccccc5)nc(-c5ccccc5)n4)cc(-c4nc(-c5ccccc5)nc(-c5ccccc5)n4)c3)nc3ccccc32)c1. The monoisotopic (exact) mass is 800 g/mol. The first kappa shape index (κ1) is 37.1. The summed E-state index contributed by atoms with van der Waals surface area (Å²) >= 11 is 0. The van der Waals surface area contributed by atoms with Gasteiger partial charge >= 0.3 is 6.18 Å². The zero-order valence-electron chi connectivity index (χ0n) is 32.1. The highest BCUT2D eigenvalue weighted by atomic mass is 19.4. The fourth-order valence-electron chi connectivity index (χ4n) is 7.19. The Morgan fingerprint density at radius 2 is 0.705 bits per heavy atom. The minimum Gasteiger partial charge on any atom is -0.292 e. The number of alkyl halides is 3. The maximum Gasteiger partial charge on any atom is 0.416 e. The van der Waals surface area contributed by atoms with Crippen molar-refractivity contribution in [3.63, 3.8) is 0 Å². The molecule has 11 heteroatoms. The Morgan fingerprint density at radius 1 is 0.328 bits per heavy atom. The first-order valence-corrected chi connectivity index (χ1v) is 19.4. The molecule has 10 aromatic rings. The summed E-state index contributed by atoms with van der Waals surface area (Å²) < 4.78 is 44.3. The zero-order chi connectivity index (χ0) is 41.3. The second-order valence-electron chi connectivity index (χ2n) is 14.2. The van der Waals surface area contributed by atoms with Crippen LogP contribution in [0.15, 0.2) is 188 Å². The van der Waals surface area contributed by atoms with E-state index in [1.165, 1.54) is 6.07 Å². The molecule has 10 rings (SSSR count). The Kier molecular flexibility index (Phi) is 9.45. The number of nitrogens with zero attached hydrogens (tertiary/aromatic N) is 8. The molecule has 0 atom stereocenters. The van der Waals surface area contributed by atoms with E-state index in [1.54, 1.807) is 10.6 Å². The summed E-state index contributed by atoms with van der Waals surface area (Å²) in [4.78, 5) is 35.0. The van der Waals surface area contributed by atoms with Crippen LogP contribution >= 0.6 is 0 Å². The lowest BCUT2D eigenvalue weighted by Gasteiger charge is -2.15. The van der Waals surface area contributed by atoms with E-state index in [0.29, 0.717) is 74.2 Å². The minimum absolute atomic E-state index is 0.293. The van der Waals surface area contributed by atoms with Gasteiger partial charge in [-0.2, -0.15) is 13.2 Å². The lowest BCUT2D eigenvalue weighted by Crippen LogP contribution is -2.07. The van der Waals surface area contributed by atoms with Gasteiger partial charge in [0.1, 0.15) is 5.82 Å². The molecular weight excluding hydrogens is 770 g/mol. The van der Waals surface area contributed by atoms with Crippen LogP contribution in [0.25, 0.3) is 96.4 Å². The van der Waals surface area contributed by atoms with Crippen molar-refractivity contribution in [3.05, 3.63) is 194 Å². The quantitative estimate of drug-likeness (QED) is 0.151. The second-order valence-corrected chi connectivity index (χ2v) is 14.2. The molecule has 3 heterocycles. The molecule has 0 N–H and O–H groups in total. The Labute approximate surface area is 347 Å². The Balaban J connectivity index is 1.26. The predicted octanol–water partition coefficient (Wildman–Crippen LogP) is 12.1. The molecule has 7 aromatic carbocycles. The molecule has 0 saturated carbocycles. The van der Waals surface area contributed by atoms with Crippen LogP contribution in [0, 0.1) is 0 Å². The molecule has 8 nitrogen and oxygen atoms in total. The molecular formula is C50H31F3N8. The fourth-order valence-corrected chi connectivity index (χ4v) is 7.19. The van der Waals surface area contributed by atoms with E-state index in [-0.39, 0.29) is 0 Å². The van der Waals surface area contributed by atoms with Crippen molar-refractivity contribution >= 4 is 11.0 Å². The average Bonchev–Trinajstić information content (AvgIpc) is 3.72. The van der Waals surface area contributed by atoms with Crippen LogP contribution in [-0.2, 0) is 6.18 Å². The van der Waals surface area contributed by atoms with Gasteiger partial charge in [-0.15, -0.1) is 0 Å². The number of para-hydroxylation sites is 2. The lowest BCUT2D eigenvalue weighted by atomic mass is 10.0. The summed E-state index contributed by atoms with van der Waals surface area (Å²) in [6.45, 7) is 0. The number of halogens is 3. The van der Waals surface area contributed by atoms with E-state index in [1.807, 2.05) is 164 Å². The molecule has 3 aromatic heterocycles. The molecule has 0 aliphatic heterocycles. The average molecular weight is 801 g/mol. The highest BCUT2D eigenvalue weighted by molar-refractivity contribution is 5.86. The van der Waals surface area contributed by atoms with E-state index < -0.39 is 11.7 Å². The van der Waals surface area contributed by atoms with Gasteiger partial charge in [0.05, 0.1) is 16.6 Å². The van der Waals surface area contributed by atoms with Crippen LogP contribution in [0.3, 0.4) is 0 Å². The molecule has 0 amide bonds. The van der Waals surface area contributed by atoms with Gasteiger partial charge in [0, 0.05) is 44.6 Å². The third-order valence-corrected chi connectivity index (χ3v) is 10.1. The summed E-state index contributed by atoms with van der Waals surface area (Å²) in [5, 5.41) is 0. The van der Waals surface area contributed by atoms with Crippen molar-refractivity contribution < 1.29 is 13.2 Å².